The Labute approximate surface area is 117 Å². The van der Waals surface area contributed by atoms with Crippen molar-refractivity contribution in [3.8, 4) is 0 Å². The topological polar surface area (TPSA) is 24.9 Å². The van der Waals surface area contributed by atoms with E-state index in [-0.39, 0.29) is 12.2 Å². The number of rotatable bonds is 4. The predicted octanol–water partition coefficient (Wildman–Crippen LogP) is 4.48. The van der Waals surface area contributed by atoms with Crippen LogP contribution >= 0.6 is 11.3 Å². The molecule has 0 amide bonds. The van der Waals surface area contributed by atoms with E-state index in [1.165, 1.54) is 11.3 Å². The van der Waals surface area contributed by atoms with Crippen molar-refractivity contribution in [3.63, 3.8) is 0 Å². The number of benzene rings is 1. The minimum Gasteiger partial charge on any atom is -0.377 e. The third-order valence-electron chi connectivity index (χ3n) is 2.66. The minimum absolute atomic E-state index is 0.175. The smallest absolute Gasteiger partial charge is 0.377 e. The molecule has 1 N–H and O–H groups in total. The zero-order valence-electron chi connectivity index (χ0n) is 10.6. The van der Waals surface area contributed by atoms with Gasteiger partial charge in [-0.1, -0.05) is 6.92 Å². The molecule has 1 heterocycles. The molecule has 0 spiro atoms. The first-order chi connectivity index (χ1) is 9.40. The molecular weight excluding hydrogens is 292 g/mol. The number of hydrogen-bond acceptors (Lipinski definition) is 3. The summed E-state index contributed by atoms with van der Waals surface area (Å²) < 4.78 is 51.1. The van der Waals surface area contributed by atoms with Gasteiger partial charge >= 0.3 is 6.18 Å². The van der Waals surface area contributed by atoms with Crippen molar-refractivity contribution < 1.29 is 17.6 Å². The van der Waals surface area contributed by atoms with Gasteiger partial charge in [0.1, 0.15) is 5.82 Å². The molecule has 20 heavy (non-hydrogen) atoms. The van der Waals surface area contributed by atoms with Crippen LogP contribution in [-0.4, -0.2) is 4.98 Å². The van der Waals surface area contributed by atoms with Gasteiger partial charge in [-0.25, -0.2) is 9.37 Å². The lowest BCUT2D eigenvalue weighted by atomic mass is 10.2. The molecule has 108 valence electrons. The quantitative estimate of drug-likeness (QED) is 0.843. The fourth-order valence-corrected chi connectivity index (χ4v) is 2.36. The fourth-order valence-electron chi connectivity index (χ4n) is 1.62. The Bertz CT molecular complexity index is 592. The summed E-state index contributed by atoms with van der Waals surface area (Å²) in [5.41, 5.74) is -0.372. The monoisotopic (exact) mass is 304 g/mol. The zero-order chi connectivity index (χ0) is 14.8. The maximum Gasteiger partial charge on any atom is 0.416 e. The molecule has 0 radical (unpaired) electrons. The number of nitrogens with zero attached hydrogens (tertiary/aromatic N) is 1. The SMILES string of the molecule is CCc1nc(CNc2cc(C(F)(F)F)ccc2F)cs1. The third kappa shape index (κ3) is 3.47. The van der Waals surface area contributed by atoms with Crippen LogP contribution in [0.1, 0.15) is 23.2 Å². The lowest BCUT2D eigenvalue weighted by molar-refractivity contribution is -0.137. The summed E-state index contributed by atoms with van der Waals surface area (Å²) in [6.07, 6.45) is -3.69. The number of nitrogens with one attached hydrogen (secondary N) is 1. The second-order valence-electron chi connectivity index (χ2n) is 4.13. The number of aryl methyl sites for hydroxylation is 1. The molecule has 0 bridgehead atoms. The normalized spacial score (nSPS) is 11.7. The first-order valence-corrected chi connectivity index (χ1v) is 6.82. The van der Waals surface area contributed by atoms with Gasteiger partial charge in [0.15, 0.2) is 0 Å². The summed E-state index contributed by atoms with van der Waals surface area (Å²) in [5.74, 6) is -0.719. The van der Waals surface area contributed by atoms with Crippen LogP contribution < -0.4 is 5.32 Å². The molecule has 2 aromatic rings. The van der Waals surface area contributed by atoms with Gasteiger partial charge in [-0.2, -0.15) is 13.2 Å². The number of halogens is 4. The number of anilines is 1. The Hall–Kier alpha value is -1.63. The van der Waals surface area contributed by atoms with E-state index < -0.39 is 17.6 Å². The number of hydrogen-bond donors (Lipinski definition) is 1. The first-order valence-electron chi connectivity index (χ1n) is 5.94. The highest BCUT2D eigenvalue weighted by Crippen LogP contribution is 2.31. The molecule has 0 saturated carbocycles. The van der Waals surface area contributed by atoms with Gasteiger partial charge in [-0.3, -0.25) is 0 Å². The van der Waals surface area contributed by atoms with Crippen LogP contribution in [0.5, 0.6) is 0 Å². The number of aromatic nitrogens is 1. The van der Waals surface area contributed by atoms with Crippen LogP contribution in [0.4, 0.5) is 23.2 Å². The molecule has 0 aliphatic rings. The van der Waals surface area contributed by atoms with E-state index in [0.717, 1.165) is 29.6 Å². The lowest BCUT2D eigenvalue weighted by Crippen LogP contribution is -2.08. The van der Waals surface area contributed by atoms with E-state index in [2.05, 4.69) is 10.3 Å². The lowest BCUT2D eigenvalue weighted by Gasteiger charge is -2.11. The van der Waals surface area contributed by atoms with Crippen molar-refractivity contribution in [1.82, 2.24) is 4.98 Å². The maximum atomic E-state index is 13.5. The molecule has 0 saturated heterocycles. The van der Waals surface area contributed by atoms with Gasteiger partial charge in [-0.05, 0) is 24.6 Å². The summed E-state index contributed by atoms with van der Waals surface area (Å²) in [4.78, 5) is 4.26. The Morgan fingerprint density at radius 1 is 1.30 bits per heavy atom. The number of thiazole rings is 1. The Kier molecular flexibility index (Phi) is 4.27. The fraction of sp³-hybridized carbons (Fsp3) is 0.308. The van der Waals surface area contributed by atoms with E-state index in [4.69, 9.17) is 0 Å². The van der Waals surface area contributed by atoms with Crippen LogP contribution in [0.25, 0.3) is 0 Å². The van der Waals surface area contributed by atoms with Crippen LogP contribution in [-0.2, 0) is 19.1 Å². The number of alkyl halides is 3. The Morgan fingerprint density at radius 3 is 2.65 bits per heavy atom. The molecule has 1 aromatic carbocycles. The summed E-state index contributed by atoms with van der Waals surface area (Å²) in [5, 5.41) is 5.39. The molecule has 0 aliphatic carbocycles. The van der Waals surface area contributed by atoms with E-state index in [9.17, 15) is 17.6 Å². The molecule has 2 nitrogen and oxygen atoms in total. The largest absolute Gasteiger partial charge is 0.416 e. The van der Waals surface area contributed by atoms with Crippen molar-refractivity contribution in [1.29, 1.82) is 0 Å². The van der Waals surface area contributed by atoms with E-state index in [1.807, 2.05) is 6.92 Å². The third-order valence-corrected chi connectivity index (χ3v) is 3.70. The van der Waals surface area contributed by atoms with Crippen LogP contribution in [0.2, 0.25) is 0 Å². The van der Waals surface area contributed by atoms with Gasteiger partial charge < -0.3 is 5.32 Å². The first kappa shape index (κ1) is 14.8. The van der Waals surface area contributed by atoms with Crippen molar-refractivity contribution in [3.05, 3.63) is 45.7 Å². The van der Waals surface area contributed by atoms with Gasteiger partial charge in [0.05, 0.1) is 28.5 Å². The Balaban J connectivity index is 2.12. The average molecular weight is 304 g/mol. The van der Waals surface area contributed by atoms with Gasteiger partial charge in [0.2, 0.25) is 0 Å². The highest BCUT2D eigenvalue weighted by molar-refractivity contribution is 7.09. The summed E-state index contributed by atoms with van der Waals surface area (Å²) in [7, 11) is 0. The van der Waals surface area contributed by atoms with E-state index >= 15 is 0 Å². The van der Waals surface area contributed by atoms with Crippen molar-refractivity contribution in [2.75, 3.05) is 5.32 Å². The highest BCUT2D eigenvalue weighted by atomic mass is 32.1. The predicted molar refractivity (Wildman–Crippen MR) is 70.2 cm³/mol. The molecule has 2 rings (SSSR count). The second-order valence-corrected chi connectivity index (χ2v) is 5.07. The molecular formula is C13H12F4N2S. The summed E-state index contributed by atoms with van der Waals surface area (Å²) >= 11 is 1.47. The highest BCUT2D eigenvalue weighted by Gasteiger charge is 2.31. The van der Waals surface area contributed by atoms with Gasteiger partial charge in [-0.15, -0.1) is 11.3 Å². The van der Waals surface area contributed by atoms with Crippen molar-refractivity contribution in [2.24, 2.45) is 0 Å². The van der Waals surface area contributed by atoms with E-state index in [1.54, 1.807) is 5.38 Å². The van der Waals surface area contributed by atoms with Crippen molar-refractivity contribution in [2.45, 2.75) is 26.1 Å². The average Bonchev–Trinajstić information content (AvgIpc) is 2.84. The van der Waals surface area contributed by atoms with Gasteiger partial charge in [0, 0.05) is 5.38 Å². The van der Waals surface area contributed by atoms with E-state index in [0.29, 0.717) is 5.69 Å². The standard InChI is InChI=1S/C13H12F4N2S/c1-2-12-19-9(7-20-12)6-18-11-5-8(13(15,16)17)3-4-10(11)14/h3-5,7,18H,2,6H2,1H3. The van der Waals surface area contributed by atoms with Crippen LogP contribution in [0, 0.1) is 5.82 Å². The molecule has 0 aliphatic heterocycles. The van der Waals surface area contributed by atoms with Gasteiger partial charge in [0.25, 0.3) is 0 Å². The minimum atomic E-state index is -4.49. The van der Waals surface area contributed by atoms with Crippen LogP contribution in [0.15, 0.2) is 23.6 Å². The second kappa shape index (κ2) is 5.78. The summed E-state index contributed by atoms with van der Waals surface area (Å²) in [6.45, 7) is 2.15. The molecule has 0 atom stereocenters. The zero-order valence-corrected chi connectivity index (χ0v) is 11.4. The Morgan fingerprint density at radius 2 is 2.05 bits per heavy atom. The molecule has 0 unspecified atom stereocenters. The molecule has 1 aromatic heterocycles. The van der Waals surface area contributed by atoms with Crippen LogP contribution in [0.3, 0.4) is 0 Å². The van der Waals surface area contributed by atoms with Crippen molar-refractivity contribution >= 4 is 17.0 Å². The summed E-state index contributed by atoms with van der Waals surface area (Å²) in [6, 6.07) is 2.30. The maximum absolute atomic E-state index is 13.5. The molecule has 0 fully saturated rings. The molecule has 7 heteroatoms.